The molecule has 1 aliphatic heterocycles. The van der Waals surface area contributed by atoms with Crippen LogP contribution in [-0.4, -0.2) is 23.1 Å². The second-order valence-electron chi connectivity index (χ2n) is 4.81. The van der Waals surface area contributed by atoms with E-state index < -0.39 is 0 Å². The van der Waals surface area contributed by atoms with E-state index in [1.165, 1.54) is 0 Å². The molecule has 1 aliphatic rings. The van der Waals surface area contributed by atoms with E-state index in [4.69, 9.17) is 4.84 Å². The minimum absolute atomic E-state index is 0.102. The van der Waals surface area contributed by atoms with Gasteiger partial charge in [-0.15, -0.1) is 0 Å². The third-order valence-corrected chi connectivity index (χ3v) is 2.48. The molecular weight excluding hydrogens is 190 g/mol. The molecule has 0 unspecified atom stereocenters. The first kappa shape index (κ1) is 10.4. The minimum Gasteiger partial charge on any atom is -0.271 e. The fourth-order valence-electron chi connectivity index (χ4n) is 1.44. The lowest BCUT2D eigenvalue weighted by Gasteiger charge is -2.19. The van der Waals surface area contributed by atoms with E-state index in [0.717, 1.165) is 25.1 Å². The van der Waals surface area contributed by atoms with Crippen LogP contribution >= 0.6 is 0 Å². The van der Waals surface area contributed by atoms with Gasteiger partial charge in [0.25, 0.3) is 0 Å². The van der Waals surface area contributed by atoms with Crippen molar-refractivity contribution in [3.63, 3.8) is 0 Å². The number of aromatic nitrogens is 2. The summed E-state index contributed by atoms with van der Waals surface area (Å²) in [5.74, 6) is 0.667. The van der Waals surface area contributed by atoms with Gasteiger partial charge in [0.1, 0.15) is 0 Å². The first-order valence-corrected chi connectivity index (χ1v) is 5.30. The molecule has 0 aliphatic carbocycles. The standard InChI is InChI=1S/C11H17N3O/c1-11(2,3)9-7-12-10(13-8-9)14-5-4-6-15-14/h7-8H,4-6H2,1-3H3. The lowest BCUT2D eigenvalue weighted by atomic mass is 9.89. The van der Waals surface area contributed by atoms with E-state index in [-0.39, 0.29) is 5.41 Å². The molecule has 0 radical (unpaired) electrons. The zero-order chi connectivity index (χ0) is 10.9. The molecule has 15 heavy (non-hydrogen) atoms. The number of hydroxylamine groups is 1. The van der Waals surface area contributed by atoms with Crippen molar-refractivity contribution >= 4 is 5.95 Å². The molecule has 1 fully saturated rings. The topological polar surface area (TPSA) is 38.2 Å². The molecule has 4 nitrogen and oxygen atoms in total. The van der Waals surface area contributed by atoms with Crippen LogP contribution in [0.1, 0.15) is 32.8 Å². The monoisotopic (exact) mass is 207 g/mol. The Balaban J connectivity index is 2.16. The van der Waals surface area contributed by atoms with Crippen LogP contribution in [0.3, 0.4) is 0 Å². The molecule has 2 heterocycles. The molecule has 1 saturated heterocycles. The Labute approximate surface area is 90.2 Å². The van der Waals surface area contributed by atoms with Gasteiger partial charge in [0, 0.05) is 12.4 Å². The maximum atomic E-state index is 5.37. The summed E-state index contributed by atoms with van der Waals surface area (Å²) in [6.45, 7) is 8.10. The van der Waals surface area contributed by atoms with E-state index in [2.05, 4.69) is 30.7 Å². The maximum Gasteiger partial charge on any atom is 0.249 e. The number of rotatable bonds is 1. The van der Waals surface area contributed by atoms with Crippen LogP contribution in [0.25, 0.3) is 0 Å². The van der Waals surface area contributed by atoms with Crippen molar-refractivity contribution in [1.82, 2.24) is 9.97 Å². The summed E-state index contributed by atoms with van der Waals surface area (Å²) in [7, 11) is 0. The molecule has 82 valence electrons. The van der Waals surface area contributed by atoms with Crippen LogP contribution in [0.5, 0.6) is 0 Å². The second-order valence-corrected chi connectivity index (χ2v) is 4.81. The Morgan fingerprint density at radius 1 is 1.27 bits per heavy atom. The fraction of sp³-hybridized carbons (Fsp3) is 0.636. The molecule has 1 aromatic heterocycles. The van der Waals surface area contributed by atoms with Crippen molar-refractivity contribution in [3.05, 3.63) is 18.0 Å². The van der Waals surface area contributed by atoms with Gasteiger partial charge in [0.05, 0.1) is 13.2 Å². The molecule has 1 aromatic rings. The van der Waals surface area contributed by atoms with Gasteiger partial charge >= 0.3 is 0 Å². The van der Waals surface area contributed by atoms with Crippen LogP contribution in [0.2, 0.25) is 0 Å². The number of hydrogen-bond acceptors (Lipinski definition) is 4. The summed E-state index contributed by atoms with van der Waals surface area (Å²) in [6, 6.07) is 0. The zero-order valence-corrected chi connectivity index (χ0v) is 9.53. The predicted octanol–water partition coefficient (Wildman–Crippen LogP) is 1.92. The van der Waals surface area contributed by atoms with Gasteiger partial charge in [0.15, 0.2) is 0 Å². The Morgan fingerprint density at radius 2 is 1.93 bits per heavy atom. The highest BCUT2D eigenvalue weighted by Crippen LogP contribution is 2.22. The van der Waals surface area contributed by atoms with E-state index >= 15 is 0 Å². The Morgan fingerprint density at radius 3 is 2.40 bits per heavy atom. The number of hydrogen-bond donors (Lipinski definition) is 0. The normalized spacial score (nSPS) is 17.1. The van der Waals surface area contributed by atoms with Crippen LogP contribution < -0.4 is 5.06 Å². The quantitative estimate of drug-likeness (QED) is 0.705. The van der Waals surface area contributed by atoms with Crippen LogP contribution in [0, 0.1) is 0 Å². The average Bonchev–Trinajstić information content (AvgIpc) is 2.69. The van der Waals surface area contributed by atoms with Gasteiger partial charge < -0.3 is 0 Å². The molecule has 0 amide bonds. The smallest absolute Gasteiger partial charge is 0.249 e. The van der Waals surface area contributed by atoms with E-state index in [9.17, 15) is 0 Å². The van der Waals surface area contributed by atoms with Crippen molar-refractivity contribution in [1.29, 1.82) is 0 Å². The fourth-order valence-corrected chi connectivity index (χ4v) is 1.44. The lowest BCUT2D eigenvalue weighted by Crippen LogP contribution is -2.20. The lowest BCUT2D eigenvalue weighted by molar-refractivity contribution is 0.164. The van der Waals surface area contributed by atoms with E-state index in [0.29, 0.717) is 5.95 Å². The van der Waals surface area contributed by atoms with Crippen LogP contribution in [-0.2, 0) is 10.3 Å². The van der Waals surface area contributed by atoms with Gasteiger partial charge in [-0.1, -0.05) is 20.8 Å². The molecule has 2 rings (SSSR count). The zero-order valence-electron chi connectivity index (χ0n) is 9.53. The van der Waals surface area contributed by atoms with Crippen molar-refractivity contribution in [2.24, 2.45) is 0 Å². The van der Waals surface area contributed by atoms with Gasteiger partial charge in [-0.3, -0.25) is 4.84 Å². The predicted molar refractivity (Wildman–Crippen MR) is 58.6 cm³/mol. The number of nitrogens with zero attached hydrogens (tertiary/aromatic N) is 3. The summed E-state index contributed by atoms with van der Waals surface area (Å²) in [5, 5.41) is 1.76. The van der Waals surface area contributed by atoms with Gasteiger partial charge in [-0.2, -0.15) is 0 Å². The van der Waals surface area contributed by atoms with Crippen molar-refractivity contribution < 1.29 is 4.84 Å². The second kappa shape index (κ2) is 3.77. The van der Waals surface area contributed by atoms with E-state index in [1.807, 2.05) is 12.4 Å². The highest BCUT2D eigenvalue weighted by atomic mass is 16.7. The molecule has 0 aromatic carbocycles. The summed E-state index contributed by atoms with van der Waals surface area (Å²) < 4.78 is 0. The van der Waals surface area contributed by atoms with Crippen LogP contribution in [0.15, 0.2) is 12.4 Å². The maximum absolute atomic E-state index is 5.37. The first-order chi connectivity index (χ1) is 7.07. The summed E-state index contributed by atoms with van der Waals surface area (Å²) >= 11 is 0. The molecule has 0 bridgehead atoms. The summed E-state index contributed by atoms with van der Waals surface area (Å²) in [5.41, 5.74) is 1.25. The molecule has 0 spiro atoms. The summed E-state index contributed by atoms with van der Waals surface area (Å²) in [4.78, 5) is 14.0. The largest absolute Gasteiger partial charge is 0.271 e. The average molecular weight is 207 g/mol. The highest BCUT2D eigenvalue weighted by Gasteiger charge is 2.18. The summed E-state index contributed by atoms with van der Waals surface area (Å²) in [6.07, 6.45) is 4.80. The molecule has 0 saturated carbocycles. The third kappa shape index (κ3) is 2.26. The van der Waals surface area contributed by atoms with Crippen molar-refractivity contribution in [3.8, 4) is 0 Å². The Kier molecular flexibility index (Phi) is 2.61. The van der Waals surface area contributed by atoms with Crippen molar-refractivity contribution in [2.75, 3.05) is 18.2 Å². The SMILES string of the molecule is CC(C)(C)c1cnc(N2CCCO2)nc1. The van der Waals surface area contributed by atoms with Crippen molar-refractivity contribution in [2.45, 2.75) is 32.6 Å². The number of anilines is 1. The molecule has 0 N–H and O–H groups in total. The third-order valence-electron chi connectivity index (χ3n) is 2.48. The van der Waals surface area contributed by atoms with E-state index in [1.54, 1.807) is 5.06 Å². The van der Waals surface area contributed by atoms with Gasteiger partial charge in [-0.05, 0) is 17.4 Å². The molecule has 4 heteroatoms. The minimum atomic E-state index is 0.102. The van der Waals surface area contributed by atoms with Gasteiger partial charge in [-0.25, -0.2) is 15.0 Å². The van der Waals surface area contributed by atoms with Gasteiger partial charge in [0.2, 0.25) is 5.95 Å². The Hall–Kier alpha value is -1.16. The molecule has 0 atom stereocenters. The van der Waals surface area contributed by atoms with Crippen LogP contribution in [0.4, 0.5) is 5.95 Å². The first-order valence-electron chi connectivity index (χ1n) is 5.30. The molecular formula is C11H17N3O. The Bertz CT molecular complexity index is 323. The highest BCUT2D eigenvalue weighted by molar-refractivity contribution is 5.28.